The van der Waals surface area contributed by atoms with Gasteiger partial charge < -0.3 is 10.6 Å². The number of amides is 1. The standard InChI is InChI=1S/C12H24N2OS.ClH/c1-16-10-2-7-14-12(15)4-3-11-5-8-13-9-6-11;/h11,13H,2-10H2,1H3,(H,14,15);1H. The van der Waals surface area contributed by atoms with Gasteiger partial charge in [-0.15, -0.1) is 12.4 Å². The highest BCUT2D eigenvalue weighted by Crippen LogP contribution is 2.17. The van der Waals surface area contributed by atoms with Crippen molar-refractivity contribution < 1.29 is 4.79 Å². The summed E-state index contributed by atoms with van der Waals surface area (Å²) in [4.78, 5) is 11.5. The van der Waals surface area contributed by atoms with Gasteiger partial charge in [0.25, 0.3) is 0 Å². The molecule has 1 amide bonds. The fourth-order valence-electron chi connectivity index (χ4n) is 2.04. The van der Waals surface area contributed by atoms with Crippen molar-refractivity contribution in [2.24, 2.45) is 5.92 Å². The number of carbonyl (C=O) groups excluding carboxylic acids is 1. The van der Waals surface area contributed by atoms with Crippen LogP contribution < -0.4 is 10.6 Å². The molecule has 1 aliphatic heterocycles. The molecule has 5 heteroatoms. The number of thioether (sulfide) groups is 1. The third kappa shape index (κ3) is 8.75. The summed E-state index contributed by atoms with van der Waals surface area (Å²) in [6, 6.07) is 0. The Morgan fingerprint density at radius 2 is 2.12 bits per heavy atom. The van der Waals surface area contributed by atoms with Crippen LogP contribution in [0.3, 0.4) is 0 Å². The minimum absolute atomic E-state index is 0. The molecule has 0 radical (unpaired) electrons. The Morgan fingerprint density at radius 3 is 2.76 bits per heavy atom. The second-order valence-corrected chi connectivity index (χ2v) is 5.41. The summed E-state index contributed by atoms with van der Waals surface area (Å²) in [6.07, 6.45) is 7.43. The quantitative estimate of drug-likeness (QED) is 0.702. The van der Waals surface area contributed by atoms with Crippen LogP contribution in [0.1, 0.15) is 32.1 Å². The van der Waals surface area contributed by atoms with Crippen LogP contribution in [0, 0.1) is 5.92 Å². The lowest BCUT2D eigenvalue weighted by Crippen LogP contribution is -2.29. The molecule has 0 bridgehead atoms. The fourth-order valence-corrected chi connectivity index (χ4v) is 2.47. The lowest BCUT2D eigenvalue weighted by molar-refractivity contribution is -0.121. The van der Waals surface area contributed by atoms with E-state index in [0.717, 1.165) is 44.1 Å². The zero-order valence-electron chi connectivity index (χ0n) is 10.7. The van der Waals surface area contributed by atoms with Crippen molar-refractivity contribution in [3.05, 3.63) is 0 Å². The molecule has 0 aromatic heterocycles. The normalized spacial score (nSPS) is 16.3. The lowest BCUT2D eigenvalue weighted by atomic mass is 9.93. The van der Waals surface area contributed by atoms with Gasteiger partial charge in [0.15, 0.2) is 0 Å². The van der Waals surface area contributed by atoms with E-state index in [0.29, 0.717) is 6.42 Å². The van der Waals surface area contributed by atoms with Gasteiger partial charge in [0, 0.05) is 13.0 Å². The van der Waals surface area contributed by atoms with Crippen molar-refractivity contribution in [2.45, 2.75) is 32.1 Å². The highest BCUT2D eigenvalue weighted by atomic mass is 35.5. The van der Waals surface area contributed by atoms with E-state index >= 15 is 0 Å². The molecule has 0 atom stereocenters. The van der Waals surface area contributed by atoms with E-state index < -0.39 is 0 Å². The molecule has 1 saturated heterocycles. The van der Waals surface area contributed by atoms with Crippen molar-refractivity contribution in [3.63, 3.8) is 0 Å². The molecule has 1 aliphatic rings. The van der Waals surface area contributed by atoms with Crippen LogP contribution in [-0.2, 0) is 4.79 Å². The smallest absolute Gasteiger partial charge is 0.220 e. The maximum Gasteiger partial charge on any atom is 0.220 e. The molecule has 0 aliphatic carbocycles. The van der Waals surface area contributed by atoms with Crippen molar-refractivity contribution in [1.29, 1.82) is 0 Å². The summed E-state index contributed by atoms with van der Waals surface area (Å²) in [7, 11) is 0. The second kappa shape index (κ2) is 11.2. The molecule has 0 aromatic carbocycles. The molecule has 0 aromatic rings. The predicted molar refractivity (Wildman–Crippen MR) is 78.1 cm³/mol. The topological polar surface area (TPSA) is 41.1 Å². The third-order valence-electron chi connectivity index (χ3n) is 3.09. The first kappa shape index (κ1) is 17.1. The van der Waals surface area contributed by atoms with Crippen molar-refractivity contribution >= 4 is 30.1 Å². The zero-order chi connectivity index (χ0) is 11.6. The van der Waals surface area contributed by atoms with E-state index in [1.807, 2.05) is 11.8 Å². The van der Waals surface area contributed by atoms with Crippen LogP contribution in [-0.4, -0.2) is 37.6 Å². The first-order chi connectivity index (χ1) is 7.83. The highest BCUT2D eigenvalue weighted by molar-refractivity contribution is 7.98. The van der Waals surface area contributed by atoms with E-state index in [4.69, 9.17) is 0 Å². The molecule has 102 valence electrons. The van der Waals surface area contributed by atoms with Crippen molar-refractivity contribution in [2.75, 3.05) is 31.6 Å². The van der Waals surface area contributed by atoms with Crippen LogP contribution in [0.4, 0.5) is 0 Å². The number of hydrogen-bond donors (Lipinski definition) is 2. The molecule has 0 saturated carbocycles. The molecular weight excluding hydrogens is 256 g/mol. The summed E-state index contributed by atoms with van der Waals surface area (Å²) in [6.45, 7) is 3.09. The summed E-state index contributed by atoms with van der Waals surface area (Å²) in [5.41, 5.74) is 0. The van der Waals surface area contributed by atoms with Crippen molar-refractivity contribution in [1.82, 2.24) is 10.6 Å². The Hall–Kier alpha value is 0.0700. The Balaban J connectivity index is 0.00000256. The fraction of sp³-hybridized carbons (Fsp3) is 0.917. The van der Waals surface area contributed by atoms with Crippen molar-refractivity contribution in [3.8, 4) is 0 Å². The van der Waals surface area contributed by atoms with Gasteiger partial charge in [-0.3, -0.25) is 4.79 Å². The number of hydrogen-bond acceptors (Lipinski definition) is 3. The highest BCUT2D eigenvalue weighted by Gasteiger charge is 2.13. The van der Waals surface area contributed by atoms with Gasteiger partial charge in [0.1, 0.15) is 0 Å². The summed E-state index contributed by atoms with van der Waals surface area (Å²) < 4.78 is 0. The average molecular weight is 281 g/mol. The molecule has 0 unspecified atom stereocenters. The van der Waals surface area contributed by atoms with Crippen LogP contribution in [0.25, 0.3) is 0 Å². The van der Waals surface area contributed by atoms with E-state index in [-0.39, 0.29) is 18.3 Å². The van der Waals surface area contributed by atoms with Gasteiger partial charge in [-0.2, -0.15) is 11.8 Å². The molecule has 1 rings (SSSR count). The Bertz CT molecular complexity index is 199. The first-order valence-corrected chi connectivity index (χ1v) is 7.68. The van der Waals surface area contributed by atoms with E-state index in [1.54, 1.807) is 0 Å². The molecular formula is C12H25ClN2OS. The van der Waals surface area contributed by atoms with Crippen LogP contribution in [0.15, 0.2) is 0 Å². The van der Waals surface area contributed by atoms with Crippen LogP contribution in [0.2, 0.25) is 0 Å². The number of nitrogens with one attached hydrogen (secondary N) is 2. The number of piperidine rings is 1. The van der Waals surface area contributed by atoms with Gasteiger partial charge in [0.05, 0.1) is 0 Å². The second-order valence-electron chi connectivity index (χ2n) is 4.43. The minimum Gasteiger partial charge on any atom is -0.356 e. The molecule has 0 spiro atoms. The Labute approximate surface area is 115 Å². The SMILES string of the molecule is CSCCCNC(=O)CCC1CCNCC1.Cl. The number of rotatable bonds is 7. The summed E-state index contributed by atoms with van der Waals surface area (Å²) in [5.74, 6) is 2.13. The Kier molecular flexibility index (Phi) is 11.2. The van der Waals surface area contributed by atoms with Gasteiger partial charge in [0.2, 0.25) is 5.91 Å². The third-order valence-corrected chi connectivity index (χ3v) is 3.78. The van der Waals surface area contributed by atoms with Crippen LogP contribution in [0.5, 0.6) is 0 Å². The predicted octanol–water partition coefficient (Wildman–Crippen LogP) is 2.06. The Morgan fingerprint density at radius 1 is 1.41 bits per heavy atom. The number of carbonyl (C=O) groups is 1. The molecule has 1 heterocycles. The summed E-state index contributed by atoms with van der Waals surface area (Å²) in [5, 5.41) is 6.34. The summed E-state index contributed by atoms with van der Waals surface area (Å²) >= 11 is 1.83. The maximum absolute atomic E-state index is 11.5. The largest absolute Gasteiger partial charge is 0.356 e. The minimum atomic E-state index is 0. The van der Waals surface area contributed by atoms with Gasteiger partial charge in [-0.25, -0.2) is 0 Å². The van der Waals surface area contributed by atoms with E-state index in [1.165, 1.54) is 12.8 Å². The molecule has 1 fully saturated rings. The molecule has 2 N–H and O–H groups in total. The number of halogens is 1. The molecule has 3 nitrogen and oxygen atoms in total. The zero-order valence-corrected chi connectivity index (χ0v) is 12.3. The van der Waals surface area contributed by atoms with E-state index in [2.05, 4.69) is 16.9 Å². The first-order valence-electron chi connectivity index (χ1n) is 6.29. The van der Waals surface area contributed by atoms with Gasteiger partial charge in [-0.05, 0) is 56.7 Å². The van der Waals surface area contributed by atoms with Crippen LogP contribution >= 0.6 is 24.2 Å². The molecule has 17 heavy (non-hydrogen) atoms. The van der Waals surface area contributed by atoms with E-state index in [9.17, 15) is 4.79 Å². The van der Waals surface area contributed by atoms with Gasteiger partial charge >= 0.3 is 0 Å². The van der Waals surface area contributed by atoms with Gasteiger partial charge in [-0.1, -0.05) is 0 Å². The lowest BCUT2D eigenvalue weighted by Gasteiger charge is -2.22. The maximum atomic E-state index is 11.5. The monoisotopic (exact) mass is 280 g/mol. The average Bonchev–Trinajstić information content (AvgIpc) is 2.33.